The van der Waals surface area contributed by atoms with Crippen LogP contribution in [-0.4, -0.2) is 38.0 Å². The van der Waals surface area contributed by atoms with Crippen LogP contribution in [-0.2, 0) is 9.59 Å². The van der Waals surface area contributed by atoms with Gasteiger partial charge < -0.3 is 14.6 Å². The molecule has 1 saturated carbocycles. The Balaban J connectivity index is 1.66. The number of hydrogen-bond acceptors (Lipinski definition) is 3. The van der Waals surface area contributed by atoms with Gasteiger partial charge in [-0.15, -0.1) is 0 Å². The molecule has 2 heterocycles. The Morgan fingerprint density at radius 2 is 2.00 bits per heavy atom. The maximum Gasteiger partial charge on any atom is 0.310 e. The molecule has 1 amide bonds. The van der Waals surface area contributed by atoms with Crippen molar-refractivity contribution in [1.82, 2.24) is 14.5 Å². The van der Waals surface area contributed by atoms with Gasteiger partial charge in [0.2, 0.25) is 5.91 Å². The minimum Gasteiger partial charge on any atom is -0.481 e. The highest BCUT2D eigenvalue weighted by molar-refractivity contribution is 5.86. The van der Waals surface area contributed by atoms with Crippen LogP contribution in [0.5, 0.6) is 0 Å². The van der Waals surface area contributed by atoms with Crippen molar-refractivity contribution in [1.29, 1.82) is 0 Å². The number of hydrogen-bond donors (Lipinski definition) is 1. The van der Waals surface area contributed by atoms with Gasteiger partial charge in [0, 0.05) is 19.0 Å². The Hall–Kier alpha value is -2.37. The van der Waals surface area contributed by atoms with Crippen LogP contribution < -0.4 is 0 Å². The second-order valence-electron chi connectivity index (χ2n) is 8.28. The molecule has 0 spiro atoms. The number of imidazole rings is 1. The second-order valence-corrected chi connectivity index (χ2v) is 8.28. The molecule has 2 aromatic rings. The van der Waals surface area contributed by atoms with Crippen LogP contribution in [0.3, 0.4) is 0 Å². The lowest BCUT2D eigenvalue weighted by atomic mass is 9.66. The highest BCUT2D eigenvalue weighted by Crippen LogP contribution is 2.46. The minimum absolute atomic E-state index is 0.0398. The smallest absolute Gasteiger partial charge is 0.310 e. The first kappa shape index (κ1) is 18.0. The van der Waals surface area contributed by atoms with Gasteiger partial charge in [-0.25, -0.2) is 4.98 Å². The topological polar surface area (TPSA) is 75.4 Å². The number of carbonyl (C=O) groups excluding carboxylic acids is 1. The lowest BCUT2D eigenvalue weighted by Crippen LogP contribution is -2.44. The summed E-state index contributed by atoms with van der Waals surface area (Å²) in [5, 5.41) is 9.58. The van der Waals surface area contributed by atoms with E-state index in [1.165, 1.54) is 0 Å². The molecule has 6 nitrogen and oxygen atoms in total. The van der Waals surface area contributed by atoms with E-state index in [0.717, 1.165) is 36.1 Å². The predicted octanol–water partition coefficient (Wildman–Crippen LogP) is 3.93. The van der Waals surface area contributed by atoms with E-state index in [-0.39, 0.29) is 24.4 Å². The van der Waals surface area contributed by atoms with Crippen LogP contribution >= 0.6 is 0 Å². The van der Waals surface area contributed by atoms with Crippen LogP contribution in [0.4, 0.5) is 0 Å². The third-order valence-electron chi connectivity index (χ3n) is 6.26. The normalized spacial score (nSPS) is 21.6. The van der Waals surface area contributed by atoms with Crippen LogP contribution in [0, 0.1) is 5.41 Å². The lowest BCUT2D eigenvalue weighted by molar-refractivity contribution is -0.159. The van der Waals surface area contributed by atoms with E-state index in [1.54, 1.807) is 0 Å². The van der Waals surface area contributed by atoms with Gasteiger partial charge in [-0.2, -0.15) is 0 Å². The third kappa shape index (κ3) is 2.91. The highest BCUT2D eigenvalue weighted by Gasteiger charge is 2.48. The van der Waals surface area contributed by atoms with Gasteiger partial charge in [0.05, 0.1) is 22.5 Å². The van der Waals surface area contributed by atoms with Crippen molar-refractivity contribution >= 4 is 22.9 Å². The van der Waals surface area contributed by atoms with Crippen molar-refractivity contribution in [2.24, 2.45) is 5.41 Å². The number of nitrogens with zero attached hydrogens (tertiary/aromatic N) is 3. The van der Waals surface area contributed by atoms with Crippen LogP contribution in [0.2, 0.25) is 0 Å². The number of carboxylic acids is 1. The second kappa shape index (κ2) is 6.66. The largest absolute Gasteiger partial charge is 0.481 e. The standard InChI is InChI=1S/C21H27N3O3/c1-14(2)24-16-8-4-3-7-15(16)22-19(24)17-9-5-12-23(17)18(25)13-21(20(26)27)10-6-11-21/h3-4,7-8,14,17H,5-6,9-13H2,1-2H3,(H,26,27). The number of likely N-dealkylation sites (tertiary alicyclic amines) is 1. The summed E-state index contributed by atoms with van der Waals surface area (Å²) in [6, 6.07) is 8.24. The van der Waals surface area contributed by atoms with Gasteiger partial charge in [0.25, 0.3) is 0 Å². The first-order chi connectivity index (χ1) is 12.9. The summed E-state index contributed by atoms with van der Waals surface area (Å²) in [4.78, 5) is 31.5. The van der Waals surface area contributed by atoms with Gasteiger partial charge in [0.15, 0.2) is 0 Å². The molecular weight excluding hydrogens is 342 g/mol. The molecule has 1 N–H and O–H groups in total. The van der Waals surface area contributed by atoms with Crippen molar-refractivity contribution in [2.75, 3.05) is 6.54 Å². The zero-order chi connectivity index (χ0) is 19.2. The number of aliphatic carboxylic acids is 1. The molecule has 1 aromatic heterocycles. The molecule has 144 valence electrons. The molecule has 1 aliphatic carbocycles. The molecule has 2 aliphatic rings. The van der Waals surface area contributed by atoms with Crippen LogP contribution in [0.25, 0.3) is 11.0 Å². The molecule has 4 rings (SSSR count). The quantitative estimate of drug-likeness (QED) is 0.866. The number of benzene rings is 1. The molecule has 2 fully saturated rings. The summed E-state index contributed by atoms with van der Waals surface area (Å²) in [6.07, 6.45) is 4.03. The predicted molar refractivity (Wildman–Crippen MR) is 102 cm³/mol. The van der Waals surface area contributed by atoms with E-state index in [2.05, 4.69) is 24.5 Å². The Morgan fingerprint density at radius 1 is 1.26 bits per heavy atom. The molecule has 6 heteroatoms. The summed E-state index contributed by atoms with van der Waals surface area (Å²) in [5.74, 6) is 0.0595. The molecule has 1 saturated heterocycles. The first-order valence-electron chi connectivity index (χ1n) is 9.93. The molecule has 0 bridgehead atoms. The molecule has 0 radical (unpaired) electrons. The van der Waals surface area contributed by atoms with Crippen molar-refractivity contribution in [2.45, 2.75) is 64.5 Å². The highest BCUT2D eigenvalue weighted by atomic mass is 16.4. The Labute approximate surface area is 159 Å². The van der Waals surface area contributed by atoms with Crippen LogP contribution in [0.1, 0.15) is 70.3 Å². The van der Waals surface area contributed by atoms with Gasteiger partial charge in [0.1, 0.15) is 5.82 Å². The monoisotopic (exact) mass is 369 g/mol. The van der Waals surface area contributed by atoms with E-state index >= 15 is 0 Å². The molecule has 27 heavy (non-hydrogen) atoms. The molecule has 1 aliphatic heterocycles. The summed E-state index contributed by atoms with van der Waals surface area (Å²) in [6.45, 7) is 4.94. The summed E-state index contributed by atoms with van der Waals surface area (Å²) >= 11 is 0. The summed E-state index contributed by atoms with van der Waals surface area (Å²) in [7, 11) is 0. The summed E-state index contributed by atoms with van der Waals surface area (Å²) in [5.41, 5.74) is 1.19. The van der Waals surface area contributed by atoms with Crippen molar-refractivity contribution in [3.63, 3.8) is 0 Å². The fourth-order valence-electron chi connectivity index (χ4n) is 4.64. The van der Waals surface area contributed by atoms with E-state index in [0.29, 0.717) is 19.4 Å². The zero-order valence-electron chi connectivity index (χ0n) is 16.0. The van der Waals surface area contributed by atoms with Gasteiger partial charge >= 0.3 is 5.97 Å². The Bertz CT molecular complexity index is 882. The van der Waals surface area contributed by atoms with E-state index in [1.807, 2.05) is 23.1 Å². The number of para-hydroxylation sites is 2. The third-order valence-corrected chi connectivity index (χ3v) is 6.26. The van der Waals surface area contributed by atoms with Gasteiger partial charge in [-0.05, 0) is 51.7 Å². The van der Waals surface area contributed by atoms with Crippen molar-refractivity contribution in [3.8, 4) is 0 Å². The molecule has 1 atom stereocenters. The number of amides is 1. The molecule has 1 aromatic carbocycles. The molecular formula is C21H27N3O3. The fourth-order valence-corrected chi connectivity index (χ4v) is 4.64. The lowest BCUT2D eigenvalue weighted by Gasteiger charge is -2.38. The number of rotatable bonds is 5. The average Bonchev–Trinajstić information content (AvgIpc) is 3.21. The maximum absolute atomic E-state index is 13.1. The fraction of sp³-hybridized carbons (Fsp3) is 0.571. The van der Waals surface area contributed by atoms with Crippen molar-refractivity contribution < 1.29 is 14.7 Å². The number of carboxylic acid groups (broad SMARTS) is 1. The number of carbonyl (C=O) groups is 2. The molecule has 1 unspecified atom stereocenters. The Morgan fingerprint density at radius 3 is 2.63 bits per heavy atom. The van der Waals surface area contributed by atoms with E-state index in [9.17, 15) is 14.7 Å². The first-order valence-corrected chi connectivity index (χ1v) is 9.93. The zero-order valence-corrected chi connectivity index (χ0v) is 16.0. The van der Waals surface area contributed by atoms with Crippen molar-refractivity contribution in [3.05, 3.63) is 30.1 Å². The van der Waals surface area contributed by atoms with E-state index < -0.39 is 11.4 Å². The average molecular weight is 369 g/mol. The van der Waals surface area contributed by atoms with Crippen LogP contribution in [0.15, 0.2) is 24.3 Å². The number of aromatic nitrogens is 2. The summed E-state index contributed by atoms with van der Waals surface area (Å²) < 4.78 is 2.22. The maximum atomic E-state index is 13.1. The van der Waals surface area contributed by atoms with Gasteiger partial charge in [-0.3, -0.25) is 9.59 Å². The van der Waals surface area contributed by atoms with Gasteiger partial charge in [-0.1, -0.05) is 18.6 Å². The van der Waals surface area contributed by atoms with E-state index in [4.69, 9.17) is 4.98 Å². The number of fused-ring (bicyclic) bond motifs is 1. The SMILES string of the molecule is CC(C)n1c(C2CCCN2C(=O)CC2(C(=O)O)CCC2)nc2ccccc21. The minimum atomic E-state index is -0.845. The Kier molecular flexibility index (Phi) is 4.44.